The van der Waals surface area contributed by atoms with Crippen LogP contribution in [0.25, 0.3) is 0 Å². The lowest BCUT2D eigenvalue weighted by atomic mass is 9.96. The van der Waals surface area contributed by atoms with Crippen LogP contribution in [0, 0.1) is 12.8 Å². The summed E-state index contributed by atoms with van der Waals surface area (Å²) in [5, 5.41) is 3.72. The van der Waals surface area contributed by atoms with Crippen LogP contribution in [-0.4, -0.2) is 12.6 Å². The summed E-state index contributed by atoms with van der Waals surface area (Å²) >= 11 is 0. The highest BCUT2D eigenvalue weighted by molar-refractivity contribution is 5.26. The second kappa shape index (κ2) is 9.14. The van der Waals surface area contributed by atoms with Crippen molar-refractivity contribution in [3.63, 3.8) is 0 Å². The van der Waals surface area contributed by atoms with Crippen LogP contribution in [0.4, 0.5) is 0 Å². The second-order valence-electron chi connectivity index (χ2n) is 6.11. The van der Waals surface area contributed by atoms with Crippen molar-refractivity contribution in [3.05, 3.63) is 35.4 Å². The first-order chi connectivity index (χ1) is 9.13. The van der Waals surface area contributed by atoms with Crippen molar-refractivity contribution in [3.8, 4) is 0 Å². The van der Waals surface area contributed by atoms with Crippen molar-refractivity contribution >= 4 is 0 Å². The molecule has 19 heavy (non-hydrogen) atoms. The first-order valence-corrected chi connectivity index (χ1v) is 7.91. The predicted molar refractivity (Wildman–Crippen MR) is 85.7 cm³/mol. The maximum atomic E-state index is 3.72. The molecule has 1 aromatic carbocycles. The maximum Gasteiger partial charge on any atom is 0.0108 e. The third-order valence-electron chi connectivity index (χ3n) is 3.74. The van der Waals surface area contributed by atoms with Crippen molar-refractivity contribution in [2.24, 2.45) is 5.92 Å². The molecule has 0 fully saturated rings. The third kappa shape index (κ3) is 6.77. The number of benzene rings is 1. The zero-order chi connectivity index (χ0) is 14.1. The Morgan fingerprint density at radius 1 is 1.11 bits per heavy atom. The zero-order valence-electron chi connectivity index (χ0n) is 13.2. The third-order valence-corrected chi connectivity index (χ3v) is 3.74. The number of aryl methyl sites for hydroxylation is 1. The van der Waals surface area contributed by atoms with E-state index in [4.69, 9.17) is 0 Å². The van der Waals surface area contributed by atoms with Crippen LogP contribution >= 0.6 is 0 Å². The van der Waals surface area contributed by atoms with Gasteiger partial charge in [0.1, 0.15) is 0 Å². The van der Waals surface area contributed by atoms with Gasteiger partial charge in [-0.2, -0.15) is 0 Å². The van der Waals surface area contributed by atoms with E-state index in [1.54, 1.807) is 0 Å². The van der Waals surface area contributed by atoms with Gasteiger partial charge in [-0.05, 0) is 49.8 Å². The largest absolute Gasteiger partial charge is 0.314 e. The Bertz CT molecular complexity index is 343. The SMILES string of the molecule is CCCNC(CCCC(C)C)Cc1ccccc1C. The highest BCUT2D eigenvalue weighted by Crippen LogP contribution is 2.15. The van der Waals surface area contributed by atoms with Crippen molar-refractivity contribution in [2.45, 2.75) is 65.8 Å². The molecule has 0 aliphatic carbocycles. The van der Waals surface area contributed by atoms with Gasteiger partial charge in [-0.3, -0.25) is 0 Å². The molecule has 0 saturated carbocycles. The van der Waals surface area contributed by atoms with Crippen molar-refractivity contribution in [1.29, 1.82) is 0 Å². The fourth-order valence-corrected chi connectivity index (χ4v) is 2.50. The highest BCUT2D eigenvalue weighted by atomic mass is 14.9. The van der Waals surface area contributed by atoms with E-state index < -0.39 is 0 Å². The Kier molecular flexibility index (Phi) is 7.81. The Morgan fingerprint density at radius 3 is 2.47 bits per heavy atom. The second-order valence-corrected chi connectivity index (χ2v) is 6.11. The first kappa shape index (κ1) is 16.2. The number of hydrogen-bond acceptors (Lipinski definition) is 1. The molecule has 0 aliphatic rings. The summed E-state index contributed by atoms with van der Waals surface area (Å²) in [6, 6.07) is 9.43. The first-order valence-electron chi connectivity index (χ1n) is 7.91. The van der Waals surface area contributed by atoms with Gasteiger partial charge in [-0.15, -0.1) is 0 Å². The topological polar surface area (TPSA) is 12.0 Å². The van der Waals surface area contributed by atoms with Crippen LogP contribution in [0.15, 0.2) is 24.3 Å². The molecule has 0 spiro atoms. The minimum atomic E-state index is 0.639. The summed E-state index contributed by atoms with van der Waals surface area (Å²) in [4.78, 5) is 0. The van der Waals surface area contributed by atoms with E-state index in [-0.39, 0.29) is 0 Å². The lowest BCUT2D eigenvalue weighted by molar-refractivity contribution is 0.434. The molecule has 1 heteroatoms. The average Bonchev–Trinajstić information content (AvgIpc) is 2.37. The average molecular weight is 261 g/mol. The summed E-state index contributed by atoms with van der Waals surface area (Å²) in [5.41, 5.74) is 2.93. The lowest BCUT2D eigenvalue weighted by Crippen LogP contribution is -2.32. The standard InChI is InChI=1S/C18H31N/c1-5-13-19-18(12-8-9-15(2)3)14-17-11-7-6-10-16(17)4/h6-7,10-11,15,18-19H,5,8-9,12-14H2,1-4H3. The molecule has 1 nitrogen and oxygen atoms in total. The summed E-state index contributed by atoms with van der Waals surface area (Å²) < 4.78 is 0. The molecule has 0 aromatic heterocycles. The molecular formula is C18H31N. The zero-order valence-corrected chi connectivity index (χ0v) is 13.2. The van der Waals surface area contributed by atoms with E-state index in [1.165, 1.54) is 43.2 Å². The van der Waals surface area contributed by atoms with E-state index >= 15 is 0 Å². The van der Waals surface area contributed by atoms with Crippen LogP contribution in [0.3, 0.4) is 0 Å². The van der Waals surface area contributed by atoms with Gasteiger partial charge in [0.2, 0.25) is 0 Å². The summed E-state index contributed by atoms with van der Waals surface area (Å²) in [7, 11) is 0. The van der Waals surface area contributed by atoms with Crippen LogP contribution in [-0.2, 0) is 6.42 Å². The van der Waals surface area contributed by atoms with E-state index in [0.717, 1.165) is 12.5 Å². The number of hydrogen-bond donors (Lipinski definition) is 1. The Balaban J connectivity index is 2.51. The van der Waals surface area contributed by atoms with Crippen molar-refractivity contribution in [1.82, 2.24) is 5.32 Å². The van der Waals surface area contributed by atoms with Crippen molar-refractivity contribution < 1.29 is 0 Å². The van der Waals surface area contributed by atoms with Crippen LogP contribution in [0.5, 0.6) is 0 Å². The molecule has 0 bridgehead atoms. The minimum Gasteiger partial charge on any atom is -0.314 e. The molecule has 1 N–H and O–H groups in total. The predicted octanol–water partition coefficient (Wildman–Crippen LogP) is 4.73. The summed E-state index contributed by atoms with van der Waals surface area (Å²) in [6.45, 7) is 10.2. The normalized spacial score (nSPS) is 12.9. The van der Waals surface area contributed by atoms with Gasteiger partial charge >= 0.3 is 0 Å². The molecule has 1 rings (SSSR count). The van der Waals surface area contributed by atoms with Crippen LogP contribution in [0.1, 0.15) is 57.6 Å². The molecule has 1 unspecified atom stereocenters. The number of rotatable bonds is 9. The summed E-state index contributed by atoms with van der Waals surface area (Å²) in [6.07, 6.45) is 6.37. The van der Waals surface area contributed by atoms with E-state index in [0.29, 0.717) is 6.04 Å². The molecule has 0 aliphatic heterocycles. The summed E-state index contributed by atoms with van der Waals surface area (Å²) in [5.74, 6) is 0.824. The Labute approximate surface area is 119 Å². The smallest absolute Gasteiger partial charge is 0.0108 e. The van der Waals surface area contributed by atoms with E-state index in [1.807, 2.05) is 0 Å². The molecular weight excluding hydrogens is 230 g/mol. The lowest BCUT2D eigenvalue weighted by Gasteiger charge is -2.20. The minimum absolute atomic E-state index is 0.639. The maximum absolute atomic E-state index is 3.72. The Morgan fingerprint density at radius 2 is 1.84 bits per heavy atom. The van der Waals surface area contributed by atoms with Crippen molar-refractivity contribution in [2.75, 3.05) is 6.54 Å². The van der Waals surface area contributed by atoms with E-state index in [2.05, 4.69) is 57.3 Å². The van der Waals surface area contributed by atoms with E-state index in [9.17, 15) is 0 Å². The molecule has 108 valence electrons. The van der Waals surface area contributed by atoms with Gasteiger partial charge in [0.15, 0.2) is 0 Å². The van der Waals surface area contributed by atoms with Gasteiger partial charge in [0.25, 0.3) is 0 Å². The quantitative estimate of drug-likeness (QED) is 0.677. The van der Waals surface area contributed by atoms with Gasteiger partial charge in [0.05, 0.1) is 0 Å². The molecule has 0 saturated heterocycles. The van der Waals surface area contributed by atoms with Crippen LogP contribution < -0.4 is 5.32 Å². The molecule has 1 aromatic rings. The highest BCUT2D eigenvalue weighted by Gasteiger charge is 2.10. The van der Waals surface area contributed by atoms with Gasteiger partial charge in [-0.1, -0.05) is 57.9 Å². The van der Waals surface area contributed by atoms with Crippen LogP contribution in [0.2, 0.25) is 0 Å². The Hall–Kier alpha value is -0.820. The fraction of sp³-hybridized carbons (Fsp3) is 0.667. The van der Waals surface area contributed by atoms with Gasteiger partial charge in [0, 0.05) is 6.04 Å². The fourth-order valence-electron chi connectivity index (χ4n) is 2.50. The van der Waals surface area contributed by atoms with Gasteiger partial charge in [-0.25, -0.2) is 0 Å². The molecule has 1 atom stereocenters. The molecule has 0 heterocycles. The van der Waals surface area contributed by atoms with Gasteiger partial charge < -0.3 is 5.32 Å². The monoisotopic (exact) mass is 261 g/mol. The molecule has 0 radical (unpaired) electrons. The molecule has 0 amide bonds. The number of nitrogens with one attached hydrogen (secondary N) is 1.